The van der Waals surface area contributed by atoms with Crippen molar-refractivity contribution in [1.29, 1.82) is 0 Å². The van der Waals surface area contributed by atoms with Gasteiger partial charge in [0.15, 0.2) is 5.82 Å². The molecule has 1 aliphatic rings. The molecule has 1 amide bonds. The molecule has 0 aliphatic carbocycles. The summed E-state index contributed by atoms with van der Waals surface area (Å²) in [4.78, 5) is 23.9. The number of aromatic amines is 1. The molecule has 3 heterocycles. The number of carbonyl (C=O) groups excluding carboxylic acids is 1. The van der Waals surface area contributed by atoms with Gasteiger partial charge in [0.25, 0.3) is 5.91 Å². The molecule has 2 aromatic heterocycles. The Labute approximate surface area is 185 Å². The minimum Gasteiger partial charge on any atom is -0.339 e. The summed E-state index contributed by atoms with van der Waals surface area (Å²) in [5.74, 6) is 2.55. The van der Waals surface area contributed by atoms with Crippen LogP contribution in [0.25, 0.3) is 22.8 Å². The lowest BCUT2D eigenvalue weighted by Gasteiger charge is -2.31. The van der Waals surface area contributed by atoms with Crippen LogP contribution in [0.5, 0.6) is 0 Å². The van der Waals surface area contributed by atoms with Gasteiger partial charge in [-0.05, 0) is 44.9 Å². The summed E-state index contributed by atoms with van der Waals surface area (Å²) in [6, 6.07) is 15.5. The number of H-pyrrole nitrogens is 1. The summed E-state index contributed by atoms with van der Waals surface area (Å²) in [6.07, 6.45) is 1.81. The number of carbonyl (C=O) groups is 1. The van der Waals surface area contributed by atoms with E-state index in [1.165, 1.54) is 0 Å². The molecule has 1 unspecified atom stereocenters. The third-order valence-electron chi connectivity index (χ3n) is 5.77. The van der Waals surface area contributed by atoms with Crippen LogP contribution in [0, 0.1) is 13.8 Å². The van der Waals surface area contributed by atoms with Gasteiger partial charge in [-0.1, -0.05) is 41.1 Å². The molecule has 1 N–H and O–H groups in total. The van der Waals surface area contributed by atoms with Crippen LogP contribution in [-0.2, 0) is 0 Å². The molecule has 1 fully saturated rings. The van der Waals surface area contributed by atoms with Crippen LogP contribution in [0.2, 0.25) is 0 Å². The molecule has 162 valence electrons. The zero-order chi connectivity index (χ0) is 22.1. The molecular formula is C24H24N6O2. The summed E-state index contributed by atoms with van der Waals surface area (Å²) in [7, 11) is 0. The van der Waals surface area contributed by atoms with Crippen molar-refractivity contribution in [3.05, 3.63) is 71.4 Å². The van der Waals surface area contributed by atoms with Gasteiger partial charge in [-0.25, -0.2) is 4.98 Å². The SMILES string of the molecule is Cc1ccc(C(=O)N2CCCC(c3nc(-c4cccc(-c5n[nH]c(C)n5)c4)no3)C2)cc1. The first kappa shape index (κ1) is 20.1. The Balaban J connectivity index is 1.33. The summed E-state index contributed by atoms with van der Waals surface area (Å²) in [5.41, 5.74) is 3.56. The minimum absolute atomic E-state index is 0.0261. The molecule has 1 saturated heterocycles. The van der Waals surface area contributed by atoms with Gasteiger partial charge in [0, 0.05) is 29.8 Å². The highest BCUT2D eigenvalue weighted by atomic mass is 16.5. The van der Waals surface area contributed by atoms with Crippen LogP contribution in [0.4, 0.5) is 0 Å². The second kappa shape index (κ2) is 8.37. The predicted molar refractivity (Wildman–Crippen MR) is 119 cm³/mol. The molecule has 1 atom stereocenters. The van der Waals surface area contributed by atoms with Crippen LogP contribution in [0.1, 0.15) is 46.4 Å². The fraction of sp³-hybridized carbons (Fsp3) is 0.292. The zero-order valence-electron chi connectivity index (χ0n) is 18.1. The van der Waals surface area contributed by atoms with E-state index < -0.39 is 0 Å². The Kier molecular flexibility index (Phi) is 5.26. The van der Waals surface area contributed by atoms with E-state index in [0.717, 1.165) is 41.9 Å². The fourth-order valence-corrected chi connectivity index (χ4v) is 4.03. The average Bonchev–Trinajstić information content (AvgIpc) is 3.49. The molecule has 4 aromatic rings. The van der Waals surface area contributed by atoms with Gasteiger partial charge >= 0.3 is 0 Å². The maximum absolute atomic E-state index is 12.9. The highest BCUT2D eigenvalue weighted by molar-refractivity contribution is 5.94. The van der Waals surface area contributed by atoms with Crippen LogP contribution in [-0.4, -0.2) is 49.2 Å². The minimum atomic E-state index is 0.0261. The van der Waals surface area contributed by atoms with Crippen molar-refractivity contribution >= 4 is 5.91 Å². The maximum atomic E-state index is 12.9. The molecule has 0 saturated carbocycles. The average molecular weight is 428 g/mol. The number of amides is 1. The van der Waals surface area contributed by atoms with Gasteiger partial charge in [0.2, 0.25) is 11.7 Å². The van der Waals surface area contributed by atoms with E-state index in [0.29, 0.717) is 29.6 Å². The number of nitrogens with zero attached hydrogens (tertiary/aromatic N) is 5. The topological polar surface area (TPSA) is 101 Å². The van der Waals surface area contributed by atoms with Gasteiger partial charge in [0.05, 0.1) is 5.92 Å². The lowest BCUT2D eigenvalue weighted by molar-refractivity contribution is 0.0695. The Hall–Kier alpha value is -3.81. The van der Waals surface area contributed by atoms with E-state index in [4.69, 9.17) is 4.52 Å². The second-order valence-corrected chi connectivity index (χ2v) is 8.24. The summed E-state index contributed by atoms with van der Waals surface area (Å²) in [5, 5.41) is 11.3. The van der Waals surface area contributed by atoms with Gasteiger partial charge in [0.1, 0.15) is 5.82 Å². The highest BCUT2D eigenvalue weighted by Crippen LogP contribution is 2.29. The van der Waals surface area contributed by atoms with E-state index in [2.05, 4.69) is 25.3 Å². The summed E-state index contributed by atoms with van der Waals surface area (Å²) < 4.78 is 5.62. The fourth-order valence-electron chi connectivity index (χ4n) is 4.03. The van der Waals surface area contributed by atoms with Crippen molar-refractivity contribution in [2.75, 3.05) is 13.1 Å². The van der Waals surface area contributed by atoms with Gasteiger partial charge < -0.3 is 9.42 Å². The number of benzene rings is 2. The number of rotatable bonds is 4. The van der Waals surface area contributed by atoms with Crippen molar-refractivity contribution in [1.82, 2.24) is 30.2 Å². The first-order chi connectivity index (χ1) is 15.6. The molecule has 0 radical (unpaired) electrons. The number of hydrogen-bond acceptors (Lipinski definition) is 6. The third-order valence-corrected chi connectivity index (χ3v) is 5.77. The van der Waals surface area contributed by atoms with Crippen molar-refractivity contribution < 1.29 is 9.32 Å². The van der Waals surface area contributed by atoms with Crippen molar-refractivity contribution in [3.63, 3.8) is 0 Å². The monoisotopic (exact) mass is 428 g/mol. The molecule has 0 bridgehead atoms. The summed E-state index contributed by atoms with van der Waals surface area (Å²) in [6.45, 7) is 5.19. The smallest absolute Gasteiger partial charge is 0.253 e. The summed E-state index contributed by atoms with van der Waals surface area (Å²) >= 11 is 0. The normalized spacial score (nSPS) is 16.3. The van der Waals surface area contributed by atoms with Crippen LogP contribution in [0.15, 0.2) is 53.1 Å². The van der Waals surface area contributed by atoms with E-state index in [1.54, 1.807) is 0 Å². The Morgan fingerprint density at radius 2 is 1.84 bits per heavy atom. The van der Waals surface area contributed by atoms with Gasteiger partial charge in [-0.3, -0.25) is 9.89 Å². The van der Waals surface area contributed by atoms with Gasteiger partial charge in [-0.2, -0.15) is 10.1 Å². The number of aryl methyl sites for hydroxylation is 2. The largest absolute Gasteiger partial charge is 0.339 e. The first-order valence-corrected chi connectivity index (χ1v) is 10.8. The Morgan fingerprint density at radius 1 is 1.06 bits per heavy atom. The zero-order valence-corrected chi connectivity index (χ0v) is 18.1. The quantitative estimate of drug-likeness (QED) is 0.524. The number of nitrogens with one attached hydrogen (secondary N) is 1. The lowest BCUT2D eigenvalue weighted by atomic mass is 9.97. The number of aromatic nitrogens is 5. The predicted octanol–water partition coefficient (Wildman–Crippen LogP) is 4.16. The van der Waals surface area contributed by atoms with Crippen molar-refractivity contribution in [3.8, 4) is 22.8 Å². The lowest BCUT2D eigenvalue weighted by Crippen LogP contribution is -2.39. The van der Waals surface area contributed by atoms with Crippen molar-refractivity contribution in [2.45, 2.75) is 32.6 Å². The molecule has 5 rings (SSSR count). The van der Waals surface area contributed by atoms with Crippen LogP contribution >= 0.6 is 0 Å². The molecule has 8 heteroatoms. The molecule has 32 heavy (non-hydrogen) atoms. The standard InChI is InChI=1S/C24H24N6O2/c1-15-8-10-17(11-9-15)24(31)30-12-4-7-20(14-30)23-26-22(29-32-23)19-6-3-5-18(13-19)21-25-16(2)27-28-21/h3,5-6,8-11,13,20H,4,7,12,14H2,1-2H3,(H,25,27,28). The number of piperidine rings is 1. The molecule has 8 nitrogen and oxygen atoms in total. The maximum Gasteiger partial charge on any atom is 0.253 e. The van der Waals surface area contributed by atoms with Crippen LogP contribution in [0.3, 0.4) is 0 Å². The van der Waals surface area contributed by atoms with E-state index in [-0.39, 0.29) is 11.8 Å². The Bertz CT molecular complexity index is 1240. The number of likely N-dealkylation sites (tertiary alicyclic amines) is 1. The van der Waals surface area contributed by atoms with E-state index in [1.807, 2.05) is 67.3 Å². The molecule has 2 aromatic carbocycles. The molecule has 1 aliphatic heterocycles. The van der Waals surface area contributed by atoms with Crippen LogP contribution < -0.4 is 0 Å². The molecule has 0 spiro atoms. The Morgan fingerprint density at radius 3 is 2.59 bits per heavy atom. The third kappa shape index (κ3) is 4.03. The van der Waals surface area contributed by atoms with Crippen molar-refractivity contribution in [2.24, 2.45) is 0 Å². The first-order valence-electron chi connectivity index (χ1n) is 10.8. The second-order valence-electron chi connectivity index (χ2n) is 8.24. The van der Waals surface area contributed by atoms with E-state index in [9.17, 15) is 4.79 Å². The van der Waals surface area contributed by atoms with Gasteiger partial charge in [-0.15, -0.1) is 0 Å². The molecular weight excluding hydrogens is 404 g/mol. The number of hydrogen-bond donors (Lipinski definition) is 1. The highest BCUT2D eigenvalue weighted by Gasteiger charge is 2.29. The van der Waals surface area contributed by atoms with E-state index >= 15 is 0 Å².